The molecular formula is C9H18N2. The van der Waals surface area contributed by atoms with Crippen LogP contribution in [0.3, 0.4) is 0 Å². The third kappa shape index (κ3) is 2.64. The summed E-state index contributed by atoms with van der Waals surface area (Å²) in [7, 11) is 0. The Kier molecular flexibility index (Phi) is 3.09. The van der Waals surface area contributed by atoms with Gasteiger partial charge in [0.2, 0.25) is 0 Å². The zero-order valence-electron chi connectivity index (χ0n) is 7.51. The van der Waals surface area contributed by atoms with Crippen molar-refractivity contribution in [3.05, 3.63) is 12.7 Å². The van der Waals surface area contributed by atoms with Crippen molar-refractivity contribution in [1.29, 1.82) is 0 Å². The van der Waals surface area contributed by atoms with Gasteiger partial charge in [0, 0.05) is 31.7 Å². The van der Waals surface area contributed by atoms with Crippen molar-refractivity contribution in [3.8, 4) is 0 Å². The van der Waals surface area contributed by atoms with Crippen molar-refractivity contribution >= 4 is 0 Å². The van der Waals surface area contributed by atoms with E-state index in [-0.39, 0.29) is 0 Å². The molecule has 1 saturated heterocycles. The minimum Gasteiger partial charge on any atom is -0.309 e. The highest BCUT2D eigenvalue weighted by atomic mass is 15.2. The average Bonchev–Trinajstić information content (AvgIpc) is 1.85. The quantitative estimate of drug-likeness (QED) is 0.593. The van der Waals surface area contributed by atoms with Crippen LogP contribution in [0.1, 0.15) is 13.8 Å². The fourth-order valence-corrected chi connectivity index (χ4v) is 1.77. The van der Waals surface area contributed by atoms with Crippen LogP contribution in [0.2, 0.25) is 0 Å². The third-order valence-electron chi connectivity index (χ3n) is 2.02. The van der Waals surface area contributed by atoms with Gasteiger partial charge in [-0.3, -0.25) is 4.90 Å². The van der Waals surface area contributed by atoms with E-state index in [1.807, 2.05) is 6.08 Å². The van der Waals surface area contributed by atoms with Gasteiger partial charge in [0.15, 0.2) is 0 Å². The van der Waals surface area contributed by atoms with Gasteiger partial charge in [-0.1, -0.05) is 6.08 Å². The summed E-state index contributed by atoms with van der Waals surface area (Å²) in [5, 5.41) is 3.49. The van der Waals surface area contributed by atoms with Crippen LogP contribution in [-0.4, -0.2) is 36.6 Å². The second kappa shape index (κ2) is 3.88. The first-order chi connectivity index (χ1) is 5.22. The Morgan fingerprint density at radius 2 is 2.00 bits per heavy atom. The Labute approximate surface area is 69.3 Å². The smallest absolute Gasteiger partial charge is 0.0169 e. The molecule has 0 bridgehead atoms. The monoisotopic (exact) mass is 154 g/mol. The van der Waals surface area contributed by atoms with Gasteiger partial charge in [0.1, 0.15) is 0 Å². The van der Waals surface area contributed by atoms with Gasteiger partial charge in [-0.05, 0) is 13.8 Å². The van der Waals surface area contributed by atoms with E-state index in [4.69, 9.17) is 0 Å². The van der Waals surface area contributed by atoms with Crippen LogP contribution >= 0.6 is 0 Å². The molecule has 0 radical (unpaired) electrons. The van der Waals surface area contributed by atoms with Crippen molar-refractivity contribution in [1.82, 2.24) is 10.2 Å². The summed E-state index contributed by atoms with van der Waals surface area (Å²) < 4.78 is 0. The minimum atomic E-state index is 0.624. The Morgan fingerprint density at radius 3 is 2.45 bits per heavy atom. The number of piperazine rings is 1. The first-order valence-corrected chi connectivity index (χ1v) is 4.31. The van der Waals surface area contributed by atoms with Crippen molar-refractivity contribution in [2.45, 2.75) is 25.9 Å². The van der Waals surface area contributed by atoms with Crippen molar-refractivity contribution in [3.63, 3.8) is 0 Å². The first-order valence-electron chi connectivity index (χ1n) is 4.31. The second-order valence-electron chi connectivity index (χ2n) is 3.48. The molecule has 2 heteroatoms. The number of hydrogen-bond donors (Lipinski definition) is 1. The number of nitrogens with one attached hydrogen (secondary N) is 1. The molecule has 1 aliphatic heterocycles. The molecule has 64 valence electrons. The predicted molar refractivity (Wildman–Crippen MR) is 48.7 cm³/mol. The molecule has 1 heterocycles. The van der Waals surface area contributed by atoms with Crippen LogP contribution in [0, 0.1) is 0 Å². The van der Waals surface area contributed by atoms with E-state index in [1.54, 1.807) is 0 Å². The number of nitrogens with zero attached hydrogens (tertiary/aromatic N) is 1. The Balaban J connectivity index is 2.36. The molecule has 0 spiro atoms. The maximum atomic E-state index is 3.74. The van der Waals surface area contributed by atoms with Crippen LogP contribution < -0.4 is 5.32 Å². The van der Waals surface area contributed by atoms with Crippen molar-refractivity contribution < 1.29 is 0 Å². The zero-order valence-corrected chi connectivity index (χ0v) is 7.51. The summed E-state index contributed by atoms with van der Waals surface area (Å²) in [4.78, 5) is 2.43. The zero-order chi connectivity index (χ0) is 8.27. The van der Waals surface area contributed by atoms with E-state index in [1.165, 1.54) is 0 Å². The summed E-state index contributed by atoms with van der Waals surface area (Å²) in [5.74, 6) is 0. The molecule has 1 N–H and O–H groups in total. The van der Waals surface area contributed by atoms with E-state index < -0.39 is 0 Å². The molecule has 1 aliphatic rings. The number of rotatable bonds is 2. The minimum absolute atomic E-state index is 0.624. The molecule has 2 atom stereocenters. The summed E-state index contributed by atoms with van der Waals surface area (Å²) in [5.41, 5.74) is 0. The lowest BCUT2D eigenvalue weighted by atomic mass is 10.1. The Bertz CT molecular complexity index is 124. The van der Waals surface area contributed by atoms with Crippen LogP contribution in [0.5, 0.6) is 0 Å². The molecular weight excluding hydrogens is 136 g/mol. The number of hydrogen-bond acceptors (Lipinski definition) is 2. The maximum absolute atomic E-state index is 3.74. The van der Waals surface area contributed by atoms with E-state index in [9.17, 15) is 0 Å². The highest BCUT2D eigenvalue weighted by Gasteiger charge is 2.18. The van der Waals surface area contributed by atoms with Gasteiger partial charge in [-0.15, -0.1) is 6.58 Å². The van der Waals surface area contributed by atoms with Gasteiger partial charge in [-0.25, -0.2) is 0 Å². The normalized spacial score (nSPS) is 33.6. The van der Waals surface area contributed by atoms with Gasteiger partial charge >= 0.3 is 0 Å². The summed E-state index contributed by atoms with van der Waals surface area (Å²) in [6, 6.07) is 1.25. The molecule has 11 heavy (non-hydrogen) atoms. The van der Waals surface area contributed by atoms with Gasteiger partial charge in [0.05, 0.1) is 0 Å². The van der Waals surface area contributed by atoms with E-state index in [0.29, 0.717) is 12.1 Å². The second-order valence-corrected chi connectivity index (χ2v) is 3.48. The maximum Gasteiger partial charge on any atom is 0.0169 e. The van der Waals surface area contributed by atoms with Crippen molar-refractivity contribution in [2.24, 2.45) is 0 Å². The van der Waals surface area contributed by atoms with E-state index >= 15 is 0 Å². The molecule has 2 nitrogen and oxygen atoms in total. The summed E-state index contributed by atoms with van der Waals surface area (Å²) in [6.07, 6.45) is 1.98. The molecule has 0 aromatic carbocycles. The van der Waals surface area contributed by atoms with E-state index in [0.717, 1.165) is 19.6 Å². The summed E-state index contributed by atoms with van der Waals surface area (Å²) >= 11 is 0. The molecule has 1 rings (SSSR count). The van der Waals surface area contributed by atoms with Crippen LogP contribution in [-0.2, 0) is 0 Å². The lowest BCUT2D eigenvalue weighted by molar-refractivity contribution is 0.190. The lowest BCUT2D eigenvalue weighted by Crippen LogP contribution is -2.54. The third-order valence-corrected chi connectivity index (χ3v) is 2.02. The largest absolute Gasteiger partial charge is 0.309 e. The van der Waals surface area contributed by atoms with Crippen LogP contribution in [0.15, 0.2) is 12.7 Å². The average molecular weight is 154 g/mol. The lowest BCUT2D eigenvalue weighted by Gasteiger charge is -2.35. The fourth-order valence-electron chi connectivity index (χ4n) is 1.77. The Morgan fingerprint density at radius 1 is 1.45 bits per heavy atom. The molecule has 0 aromatic rings. The van der Waals surface area contributed by atoms with Crippen LogP contribution in [0.25, 0.3) is 0 Å². The molecule has 2 unspecified atom stereocenters. The SMILES string of the molecule is C=CCN1CC(C)NC(C)C1. The fraction of sp³-hybridized carbons (Fsp3) is 0.778. The van der Waals surface area contributed by atoms with Gasteiger partial charge < -0.3 is 5.32 Å². The topological polar surface area (TPSA) is 15.3 Å². The molecule has 0 saturated carbocycles. The predicted octanol–water partition coefficient (Wildman–Crippen LogP) is 0.855. The highest BCUT2D eigenvalue weighted by Crippen LogP contribution is 2.02. The van der Waals surface area contributed by atoms with Crippen molar-refractivity contribution in [2.75, 3.05) is 19.6 Å². The van der Waals surface area contributed by atoms with Gasteiger partial charge in [-0.2, -0.15) is 0 Å². The first kappa shape index (κ1) is 8.75. The highest BCUT2D eigenvalue weighted by molar-refractivity contribution is 4.84. The summed E-state index contributed by atoms with van der Waals surface area (Å²) in [6.45, 7) is 11.5. The Hall–Kier alpha value is -0.340. The molecule has 0 aliphatic carbocycles. The molecule has 1 fully saturated rings. The van der Waals surface area contributed by atoms with Gasteiger partial charge in [0.25, 0.3) is 0 Å². The van der Waals surface area contributed by atoms with E-state index in [2.05, 4.69) is 30.6 Å². The standard InChI is InChI=1S/C9H18N2/c1-4-5-11-6-8(2)10-9(3)7-11/h4,8-10H,1,5-7H2,2-3H3. The molecule has 0 aromatic heterocycles. The van der Waals surface area contributed by atoms with Crippen LogP contribution in [0.4, 0.5) is 0 Å². The molecule has 0 amide bonds.